The summed E-state index contributed by atoms with van der Waals surface area (Å²) in [4.78, 5) is 11.1. The number of primary amides is 1. The smallest absolute Gasteiger partial charge is 0.217 e. The first kappa shape index (κ1) is 17.8. The fraction of sp³-hybridized carbons (Fsp3) is 0.235. The predicted molar refractivity (Wildman–Crippen MR) is 99.1 cm³/mol. The Kier molecular flexibility index (Phi) is 5.93. The van der Waals surface area contributed by atoms with Crippen LogP contribution in [0.25, 0.3) is 0 Å². The van der Waals surface area contributed by atoms with Gasteiger partial charge in [0, 0.05) is 23.1 Å². The first-order valence-corrected chi connectivity index (χ1v) is 9.49. The van der Waals surface area contributed by atoms with Crippen LogP contribution in [-0.2, 0) is 23.5 Å². The summed E-state index contributed by atoms with van der Waals surface area (Å²) in [6.45, 7) is 0.525. The zero-order valence-corrected chi connectivity index (χ0v) is 15.8. The molecule has 6 nitrogen and oxygen atoms in total. The van der Waals surface area contributed by atoms with E-state index >= 15 is 0 Å². The number of aromatic nitrogens is 3. The van der Waals surface area contributed by atoms with Crippen molar-refractivity contribution in [1.82, 2.24) is 14.8 Å². The quantitative estimate of drug-likeness (QED) is 0.564. The van der Waals surface area contributed by atoms with Crippen molar-refractivity contribution in [1.29, 1.82) is 0 Å². The highest BCUT2D eigenvalue weighted by Gasteiger charge is 2.15. The molecule has 0 aliphatic heterocycles. The maximum atomic E-state index is 11.1. The number of hydrogen-bond acceptors (Lipinski definition) is 5. The van der Waals surface area contributed by atoms with Gasteiger partial charge in [0.25, 0.3) is 0 Å². The van der Waals surface area contributed by atoms with E-state index in [1.165, 1.54) is 5.56 Å². The van der Waals surface area contributed by atoms with Crippen LogP contribution in [0.1, 0.15) is 23.6 Å². The molecule has 3 rings (SSSR count). The summed E-state index contributed by atoms with van der Waals surface area (Å²) < 4.78 is 8.47. The first-order valence-electron chi connectivity index (χ1n) is 7.72. The van der Waals surface area contributed by atoms with E-state index in [2.05, 4.69) is 38.3 Å². The second-order valence-corrected chi connectivity index (χ2v) is 7.30. The predicted octanol–water partition coefficient (Wildman–Crippen LogP) is 3.39. The lowest BCUT2D eigenvalue weighted by molar-refractivity contribution is -0.118. The maximum absolute atomic E-state index is 11.1. The zero-order chi connectivity index (χ0) is 17.6. The minimum atomic E-state index is -0.350. The largest absolute Gasteiger partial charge is 0.467 e. The van der Waals surface area contributed by atoms with Gasteiger partial charge in [-0.1, -0.05) is 39.8 Å². The molecule has 0 saturated carbocycles. The summed E-state index contributed by atoms with van der Waals surface area (Å²) in [5.41, 5.74) is 6.45. The van der Waals surface area contributed by atoms with Crippen molar-refractivity contribution in [3.63, 3.8) is 0 Å². The van der Waals surface area contributed by atoms with Crippen molar-refractivity contribution in [3.05, 3.63) is 64.3 Å². The van der Waals surface area contributed by atoms with Crippen molar-refractivity contribution < 1.29 is 9.21 Å². The number of rotatable bonds is 8. The van der Waals surface area contributed by atoms with E-state index in [1.54, 1.807) is 18.0 Å². The zero-order valence-electron chi connectivity index (χ0n) is 13.4. The number of nitrogens with two attached hydrogens (primary N) is 1. The number of halogens is 1. The molecule has 0 unspecified atom stereocenters. The molecule has 130 valence electrons. The number of carbonyl (C=O) groups excluding carboxylic acids is 1. The average molecular weight is 421 g/mol. The molecule has 0 bridgehead atoms. The molecule has 2 aromatic heterocycles. The van der Waals surface area contributed by atoms with Crippen LogP contribution in [0.15, 0.2) is 56.7 Å². The van der Waals surface area contributed by atoms with Crippen molar-refractivity contribution in [3.8, 4) is 0 Å². The van der Waals surface area contributed by atoms with Crippen LogP contribution in [0.4, 0.5) is 0 Å². The number of hydrogen-bond donors (Lipinski definition) is 1. The Morgan fingerprint density at radius 3 is 2.72 bits per heavy atom. The van der Waals surface area contributed by atoms with E-state index in [-0.39, 0.29) is 12.3 Å². The normalized spacial score (nSPS) is 10.9. The van der Waals surface area contributed by atoms with Gasteiger partial charge < -0.3 is 10.2 Å². The topological polar surface area (TPSA) is 86.9 Å². The molecule has 3 aromatic rings. The van der Waals surface area contributed by atoms with Gasteiger partial charge in [0.1, 0.15) is 11.6 Å². The van der Waals surface area contributed by atoms with Crippen molar-refractivity contribution in [2.45, 2.75) is 30.3 Å². The van der Waals surface area contributed by atoms with E-state index < -0.39 is 0 Å². The fourth-order valence-corrected chi connectivity index (χ4v) is 3.47. The van der Waals surface area contributed by atoms with Gasteiger partial charge in [-0.25, -0.2) is 0 Å². The van der Waals surface area contributed by atoms with Gasteiger partial charge in [-0.15, -0.1) is 10.2 Å². The van der Waals surface area contributed by atoms with Crippen LogP contribution in [0.2, 0.25) is 0 Å². The molecule has 2 N–H and O–H groups in total. The Balaban J connectivity index is 1.76. The molecule has 0 radical (unpaired) electrons. The third-order valence-corrected chi connectivity index (χ3v) is 5.13. The molecular weight excluding hydrogens is 404 g/mol. The van der Waals surface area contributed by atoms with Crippen LogP contribution < -0.4 is 5.73 Å². The van der Waals surface area contributed by atoms with Crippen molar-refractivity contribution in [2.24, 2.45) is 5.73 Å². The van der Waals surface area contributed by atoms with Crippen molar-refractivity contribution >= 4 is 33.6 Å². The summed E-state index contributed by atoms with van der Waals surface area (Å²) in [6, 6.07) is 11.9. The summed E-state index contributed by atoms with van der Waals surface area (Å²) >= 11 is 5.04. The van der Waals surface area contributed by atoms with Crippen LogP contribution in [0.5, 0.6) is 0 Å². The summed E-state index contributed by atoms with van der Waals surface area (Å²) in [6.07, 6.45) is 2.34. The Labute approximate surface area is 157 Å². The summed E-state index contributed by atoms with van der Waals surface area (Å²) in [5, 5.41) is 9.30. The van der Waals surface area contributed by atoms with Gasteiger partial charge >= 0.3 is 0 Å². The highest BCUT2D eigenvalue weighted by molar-refractivity contribution is 9.10. The molecule has 0 spiro atoms. The fourth-order valence-electron chi connectivity index (χ4n) is 2.29. The minimum absolute atomic E-state index is 0.244. The van der Waals surface area contributed by atoms with Crippen LogP contribution in [0.3, 0.4) is 0 Å². The van der Waals surface area contributed by atoms with Gasteiger partial charge in [-0.3, -0.25) is 9.36 Å². The molecule has 0 aliphatic rings. The molecule has 1 aromatic carbocycles. The third-order valence-electron chi connectivity index (χ3n) is 3.56. The molecular formula is C17H17BrN4O2S. The Bertz CT molecular complexity index is 831. The van der Waals surface area contributed by atoms with Gasteiger partial charge in [0.15, 0.2) is 5.16 Å². The lowest BCUT2D eigenvalue weighted by Gasteiger charge is -2.08. The van der Waals surface area contributed by atoms with E-state index in [0.717, 1.165) is 27.0 Å². The van der Waals surface area contributed by atoms with E-state index in [4.69, 9.17) is 10.2 Å². The lowest BCUT2D eigenvalue weighted by Crippen LogP contribution is -2.14. The van der Waals surface area contributed by atoms with Crippen molar-refractivity contribution in [2.75, 3.05) is 0 Å². The highest BCUT2D eigenvalue weighted by atomic mass is 79.9. The number of thioether (sulfide) groups is 1. The van der Waals surface area contributed by atoms with Gasteiger partial charge in [0.2, 0.25) is 5.91 Å². The van der Waals surface area contributed by atoms with Gasteiger partial charge in [-0.2, -0.15) is 0 Å². The number of nitrogens with zero attached hydrogens (tertiary/aromatic N) is 3. The standard InChI is InChI=1S/C17H17BrN4O2S/c18-13-5-3-12(4-6-13)11-25-17-21-20-16(8-7-15(19)23)22(17)10-14-2-1-9-24-14/h1-6,9H,7-8,10-11H2,(H2,19,23). The number of amides is 1. The molecule has 0 saturated heterocycles. The van der Waals surface area contributed by atoms with E-state index in [0.29, 0.717) is 13.0 Å². The Morgan fingerprint density at radius 1 is 1.24 bits per heavy atom. The number of aryl methyl sites for hydroxylation is 1. The van der Waals surface area contributed by atoms with Crippen LogP contribution in [-0.4, -0.2) is 20.7 Å². The number of benzene rings is 1. The highest BCUT2D eigenvalue weighted by Crippen LogP contribution is 2.24. The average Bonchev–Trinajstić information content (AvgIpc) is 3.23. The van der Waals surface area contributed by atoms with E-state index in [9.17, 15) is 4.79 Å². The molecule has 0 aliphatic carbocycles. The minimum Gasteiger partial charge on any atom is -0.467 e. The second kappa shape index (κ2) is 8.35. The van der Waals surface area contributed by atoms with Gasteiger partial charge in [-0.05, 0) is 29.8 Å². The Morgan fingerprint density at radius 2 is 2.04 bits per heavy atom. The summed E-state index contributed by atoms with van der Waals surface area (Å²) in [7, 11) is 0. The molecule has 2 heterocycles. The monoisotopic (exact) mass is 420 g/mol. The molecule has 25 heavy (non-hydrogen) atoms. The maximum Gasteiger partial charge on any atom is 0.217 e. The van der Waals surface area contributed by atoms with E-state index in [1.807, 2.05) is 28.8 Å². The lowest BCUT2D eigenvalue weighted by atomic mass is 10.2. The van der Waals surface area contributed by atoms with Crippen LogP contribution in [0, 0.1) is 0 Å². The number of carbonyl (C=O) groups is 1. The SMILES string of the molecule is NC(=O)CCc1nnc(SCc2ccc(Br)cc2)n1Cc1ccco1. The Hall–Kier alpha value is -2.06. The van der Waals surface area contributed by atoms with Crippen LogP contribution >= 0.6 is 27.7 Å². The second-order valence-electron chi connectivity index (χ2n) is 5.45. The number of furan rings is 1. The molecule has 1 amide bonds. The summed E-state index contributed by atoms with van der Waals surface area (Å²) in [5.74, 6) is 1.97. The molecule has 0 fully saturated rings. The molecule has 8 heteroatoms. The third kappa shape index (κ3) is 4.96. The first-order chi connectivity index (χ1) is 12.1. The van der Waals surface area contributed by atoms with Gasteiger partial charge in [0.05, 0.1) is 12.8 Å². The molecule has 0 atom stereocenters.